The highest BCUT2D eigenvalue weighted by Crippen LogP contribution is 2.28. The van der Waals surface area contributed by atoms with Gasteiger partial charge in [0.2, 0.25) is 0 Å². The lowest BCUT2D eigenvalue weighted by molar-refractivity contribution is -0.138. The average Bonchev–Trinajstić information content (AvgIpc) is 2.93. The van der Waals surface area contributed by atoms with Gasteiger partial charge in [-0.15, -0.1) is 0 Å². The van der Waals surface area contributed by atoms with Crippen molar-refractivity contribution >= 4 is 11.9 Å². The molecule has 1 aromatic rings. The Balaban J connectivity index is 2.12. The van der Waals surface area contributed by atoms with Gasteiger partial charge < -0.3 is 19.5 Å². The minimum absolute atomic E-state index is 0.0238. The third kappa shape index (κ3) is 3.45. The maximum absolute atomic E-state index is 12.5. The molecule has 0 aliphatic carbocycles. The van der Waals surface area contributed by atoms with Crippen molar-refractivity contribution in [2.24, 2.45) is 5.92 Å². The van der Waals surface area contributed by atoms with Crippen LogP contribution in [0.25, 0.3) is 0 Å². The molecule has 1 unspecified atom stereocenters. The van der Waals surface area contributed by atoms with E-state index in [4.69, 9.17) is 14.6 Å². The Morgan fingerprint density at radius 1 is 1.33 bits per heavy atom. The van der Waals surface area contributed by atoms with Gasteiger partial charge in [0.1, 0.15) is 11.5 Å². The minimum atomic E-state index is -0.823. The van der Waals surface area contributed by atoms with Crippen molar-refractivity contribution in [3.05, 3.63) is 23.8 Å². The zero-order chi connectivity index (χ0) is 15.4. The van der Waals surface area contributed by atoms with Crippen LogP contribution in [0.5, 0.6) is 11.5 Å². The topological polar surface area (TPSA) is 76.1 Å². The molecule has 21 heavy (non-hydrogen) atoms. The van der Waals surface area contributed by atoms with Gasteiger partial charge >= 0.3 is 5.97 Å². The highest BCUT2D eigenvalue weighted by molar-refractivity contribution is 5.97. The molecular formula is C15H19NO5. The lowest BCUT2D eigenvalue weighted by Gasteiger charge is -2.18. The number of rotatable bonds is 5. The first kappa shape index (κ1) is 15.2. The summed E-state index contributed by atoms with van der Waals surface area (Å²) in [5.74, 6) is 0.143. The summed E-state index contributed by atoms with van der Waals surface area (Å²) in [6, 6.07) is 5.04. The Labute approximate surface area is 123 Å². The molecule has 0 saturated carbocycles. The first-order valence-electron chi connectivity index (χ1n) is 6.78. The molecule has 1 aromatic carbocycles. The molecular weight excluding hydrogens is 274 g/mol. The number of likely N-dealkylation sites (tertiary alicyclic amines) is 1. The standard InChI is InChI=1S/C15H19NO5/c1-20-11-3-4-12(13(8-11)21-2)15(19)16-6-5-10(9-16)7-14(17)18/h3-4,8,10H,5-7,9H2,1-2H3,(H,17,18). The van der Waals surface area contributed by atoms with E-state index >= 15 is 0 Å². The average molecular weight is 293 g/mol. The van der Waals surface area contributed by atoms with E-state index in [0.717, 1.165) is 6.42 Å². The quantitative estimate of drug-likeness (QED) is 0.893. The molecule has 1 aliphatic rings. The maximum atomic E-state index is 12.5. The maximum Gasteiger partial charge on any atom is 0.303 e. The molecule has 1 atom stereocenters. The van der Waals surface area contributed by atoms with E-state index in [0.29, 0.717) is 30.2 Å². The number of nitrogens with zero attached hydrogens (tertiary/aromatic N) is 1. The summed E-state index contributed by atoms with van der Waals surface area (Å²) >= 11 is 0. The molecule has 1 amide bonds. The van der Waals surface area contributed by atoms with Crippen LogP contribution in [-0.4, -0.2) is 49.2 Å². The molecule has 6 heteroatoms. The molecule has 6 nitrogen and oxygen atoms in total. The van der Waals surface area contributed by atoms with Crippen LogP contribution in [0.2, 0.25) is 0 Å². The number of ether oxygens (including phenoxy) is 2. The number of carboxylic acid groups (broad SMARTS) is 1. The summed E-state index contributed by atoms with van der Waals surface area (Å²) in [7, 11) is 3.05. The molecule has 1 fully saturated rings. The lowest BCUT2D eigenvalue weighted by Crippen LogP contribution is -2.29. The van der Waals surface area contributed by atoms with Gasteiger partial charge in [0.05, 0.1) is 19.8 Å². The lowest BCUT2D eigenvalue weighted by atomic mass is 10.1. The summed E-state index contributed by atoms with van der Waals surface area (Å²) in [6.07, 6.45) is 0.819. The van der Waals surface area contributed by atoms with Gasteiger partial charge in [-0.3, -0.25) is 9.59 Å². The number of carbonyl (C=O) groups excluding carboxylic acids is 1. The first-order valence-corrected chi connectivity index (χ1v) is 6.78. The number of benzene rings is 1. The smallest absolute Gasteiger partial charge is 0.303 e. The molecule has 1 saturated heterocycles. The summed E-state index contributed by atoms with van der Waals surface area (Å²) < 4.78 is 10.3. The second-order valence-corrected chi connectivity index (χ2v) is 5.07. The zero-order valence-corrected chi connectivity index (χ0v) is 12.2. The Kier molecular flexibility index (Phi) is 4.67. The van der Waals surface area contributed by atoms with Gasteiger partial charge in [-0.05, 0) is 24.5 Å². The largest absolute Gasteiger partial charge is 0.497 e. The van der Waals surface area contributed by atoms with E-state index in [2.05, 4.69) is 0 Å². The number of hydrogen-bond acceptors (Lipinski definition) is 4. The number of carboxylic acids is 1. The second kappa shape index (κ2) is 6.47. The van der Waals surface area contributed by atoms with E-state index in [1.54, 1.807) is 30.2 Å². The van der Waals surface area contributed by atoms with Gasteiger partial charge in [0, 0.05) is 25.6 Å². The van der Waals surface area contributed by atoms with Crippen molar-refractivity contribution in [1.82, 2.24) is 4.90 Å². The predicted octanol–water partition coefficient (Wildman–Crippen LogP) is 1.64. The van der Waals surface area contributed by atoms with E-state index in [9.17, 15) is 9.59 Å². The Bertz CT molecular complexity index is 543. The van der Waals surface area contributed by atoms with Crippen LogP contribution in [0, 0.1) is 5.92 Å². The fourth-order valence-electron chi connectivity index (χ4n) is 2.58. The third-order valence-electron chi connectivity index (χ3n) is 3.68. The summed E-state index contributed by atoms with van der Waals surface area (Å²) in [6.45, 7) is 1.05. The molecule has 0 radical (unpaired) electrons. The molecule has 1 aliphatic heterocycles. The highest BCUT2D eigenvalue weighted by atomic mass is 16.5. The van der Waals surface area contributed by atoms with Crippen molar-refractivity contribution in [2.45, 2.75) is 12.8 Å². The Morgan fingerprint density at radius 2 is 2.10 bits per heavy atom. The molecule has 0 spiro atoms. The fraction of sp³-hybridized carbons (Fsp3) is 0.467. The number of carbonyl (C=O) groups is 2. The van der Waals surface area contributed by atoms with Crippen LogP contribution in [0.3, 0.4) is 0 Å². The van der Waals surface area contributed by atoms with Crippen LogP contribution in [-0.2, 0) is 4.79 Å². The molecule has 2 rings (SSSR count). The summed E-state index contributed by atoms with van der Waals surface area (Å²) in [5, 5.41) is 8.82. The summed E-state index contributed by atoms with van der Waals surface area (Å²) in [5.41, 5.74) is 0.467. The van der Waals surface area contributed by atoms with Gasteiger partial charge in [-0.25, -0.2) is 0 Å². The number of aliphatic carboxylic acids is 1. The Hall–Kier alpha value is -2.24. The van der Waals surface area contributed by atoms with Gasteiger partial charge in [0.25, 0.3) is 5.91 Å². The normalized spacial score (nSPS) is 17.6. The predicted molar refractivity (Wildman–Crippen MR) is 75.8 cm³/mol. The van der Waals surface area contributed by atoms with Gasteiger partial charge in [-0.1, -0.05) is 0 Å². The minimum Gasteiger partial charge on any atom is -0.497 e. The number of amides is 1. The molecule has 114 valence electrons. The van der Waals surface area contributed by atoms with E-state index < -0.39 is 5.97 Å². The van der Waals surface area contributed by atoms with Crippen molar-refractivity contribution in [3.8, 4) is 11.5 Å². The van der Waals surface area contributed by atoms with Gasteiger partial charge in [-0.2, -0.15) is 0 Å². The zero-order valence-electron chi connectivity index (χ0n) is 12.2. The number of hydrogen-bond donors (Lipinski definition) is 1. The molecule has 1 heterocycles. The van der Waals surface area contributed by atoms with Crippen LogP contribution in [0.1, 0.15) is 23.2 Å². The van der Waals surface area contributed by atoms with Crippen LogP contribution in [0.4, 0.5) is 0 Å². The second-order valence-electron chi connectivity index (χ2n) is 5.07. The first-order chi connectivity index (χ1) is 10.0. The summed E-state index contributed by atoms with van der Waals surface area (Å²) in [4.78, 5) is 24.9. The van der Waals surface area contributed by atoms with E-state index in [-0.39, 0.29) is 18.2 Å². The number of methoxy groups -OCH3 is 2. The van der Waals surface area contributed by atoms with Crippen LogP contribution < -0.4 is 9.47 Å². The Morgan fingerprint density at radius 3 is 2.71 bits per heavy atom. The van der Waals surface area contributed by atoms with Crippen molar-refractivity contribution < 1.29 is 24.2 Å². The van der Waals surface area contributed by atoms with Crippen LogP contribution in [0.15, 0.2) is 18.2 Å². The molecule has 0 aromatic heterocycles. The molecule has 0 bridgehead atoms. The monoisotopic (exact) mass is 293 g/mol. The van der Waals surface area contributed by atoms with E-state index in [1.807, 2.05) is 0 Å². The van der Waals surface area contributed by atoms with Crippen LogP contribution >= 0.6 is 0 Å². The van der Waals surface area contributed by atoms with E-state index in [1.165, 1.54) is 7.11 Å². The van der Waals surface area contributed by atoms with Gasteiger partial charge in [0.15, 0.2) is 0 Å². The van der Waals surface area contributed by atoms with Crippen molar-refractivity contribution in [2.75, 3.05) is 27.3 Å². The fourth-order valence-corrected chi connectivity index (χ4v) is 2.58. The SMILES string of the molecule is COc1ccc(C(=O)N2CCC(CC(=O)O)C2)c(OC)c1. The molecule has 1 N–H and O–H groups in total. The highest BCUT2D eigenvalue weighted by Gasteiger charge is 2.29. The van der Waals surface area contributed by atoms with Crippen molar-refractivity contribution in [3.63, 3.8) is 0 Å². The van der Waals surface area contributed by atoms with Crippen molar-refractivity contribution in [1.29, 1.82) is 0 Å². The third-order valence-corrected chi connectivity index (χ3v) is 3.68.